The maximum Gasteiger partial charge on any atom is 0.412 e. The number of aliphatic hydroxyl groups is 1. The zero-order valence-corrected chi connectivity index (χ0v) is 25.0. The first-order valence-corrected chi connectivity index (χ1v) is 14.1. The van der Waals surface area contributed by atoms with E-state index in [2.05, 4.69) is 35.6 Å². The van der Waals surface area contributed by atoms with Crippen molar-refractivity contribution in [2.24, 2.45) is 11.8 Å². The van der Waals surface area contributed by atoms with Gasteiger partial charge in [0.1, 0.15) is 23.6 Å². The number of amides is 1. The van der Waals surface area contributed by atoms with Crippen molar-refractivity contribution < 1.29 is 24.2 Å². The lowest BCUT2D eigenvalue weighted by atomic mass is 9.74. The normalized spacial score (nSPS) is 21.5. The molecule has 1 aliphatic heterocycles. The molecule has 216 valence electrons. The molecule has 1 saturated heterocycles. The van der Waals surface area contributed by atoms with Crippen LogP contribution in [0.15, 0.2) is 24.3 Å². The highest BCUT2D eigenvalue weighted by atomic mass is 16.6. The summed E-state index contributed by atoms with van der Waals surface area (Å²) in [7, 11) is 2.17. The van der Waals surface area contributed by atoms with Gasteiger partial charge in [0, 0.05) is 12.0 Å². The molecule has 1 aromatic rings. The minimum absolute atomic E-state index is 0.0230. The van der Waals surface area contributed by atoms with Crippen LogP contribution in [-0.4, -0.2) is 66.1 Å². The van der Waals surface area contributed by atoms with E-state index in [0.717, 1.165) is 25.9 Å². The van der Waals surface area contributed by atoms with Gasteiger partial charge in [-0.05, 0) is 83.2 Å². The molecule has 1 fully saturated rings. The number of nitrogens with one attached hydrogen (secondary N) is 2. The van der Waals surface area contributed by atoms with Gasteiger partial charge in [-0.2, -0.15) is 0 Å². The predicted octanol–water partition coefficient (Wildman–Crippen LogP) is 4.84. The number of carbonyl (C=O) groups is 2. The van der Waals surface area contributed by atoms with E-state index in [0.29, 0.717) is 5.75 Å². The predicted molar refractivity (Wildman–Crippen MR) is 151 cm³/mol. The van der Waals surface area contributed by atoms with Gasteiger partial charge in [-0.25, -0.2) is 4.79 Å². The van der Waals surface area contributed by atoms with Gasteiger partial charge in [-0.1, -0.05) is 53.2 Å². The van der Waals surface area contributed by atoms with Gasteiger partial charge >= 0.3 is 12.1 Å². The number of nitrogens with zero attached hydrogens (tertiary/aromatic N) is 1. The minimum atomic E-state index is -1.18. The monoisotopic (exact) mass is 533 g/mol. The first-order valence-electron chi connectivity index (χ1n) is 14.1. The number of benzene rings is 1. The lowest BCUT2D eigenvalue weighted by Gasteiger charge is -2.35. The molecule has 0 aromatic heterocycles. The smallest absolute Gasteiger partial charge is 0.412 e. The number of aliphatic hydroxyl groups excluding tert-OH is 1. The number of rotatable bonds is 10. The Bertz CT molecular complexity index is 913. The number of likely N-dealkylation sites (N-methyl/N-ethyl adjacent to an activating group) is 1. The van der Waals surface area contributed by atoms with Crippen molar-refractivity contribution in [3.8, 4) is 5.75 Å². The van der Waals surface area contributed by atoms with Crippen molar-refractivity contribution >= 4 is 12.1 Å². The molecule has 38 heavy (non-hydrogen) atoms. The summed E-state index contributed by atoms with van der Waals surface area (Å²) in [5.41, 5.74) is 0.557. The van der Waals surface area contributed by atoms with E-state index in [-0.39, 0.29) is 17.3 Å². The molecule has 0 spiro atoms. The van der Waals surface area contributed by atoms with Gasteiger partial charge < -0.3 is 24.8 Å². The van der Waals surface area contributed by atoms with Gasteiger partial charge in [0.05, 0.1) is 6.04 Å². The molecule has 0 radical (unpaired) electrons. The standard InChI is InChI=1S/C30H51N3O5/c1-10-30(16-11-12-17-33(9)19-30)22-14-13-15-23(18-22)37-28(36)32-24(20(2)3)26(34)31-25(21(4)5)27(35)38-29(6,7)8/h13-15,18,20-21,24-26,31,34H,10-12,16-17,19H2,1-9H3,(H,32,36). The maximum atomic E-state index is 12.9. The molecule has 0 saturated carbocycles. The van der Waals surface area contributed by atoms with Crippen LogP contribution in [-0.2, 0) is 14.9 Å². The summed E-state index contributed by atoms with van der Waals surface area (Å²) in [6, 6.07) is 6.39. The van der Waals surface area contributed by atoms with E-state index in [1.165, 1.54) is 18.4 Å². The van der Waals surface area contributed by atoms with Crippen LogP contribution < -0.4 is 15.4 Å². The van der Waals surface area contributed by atoms with Crippen LogP contribution in [0.25, 0.3) is 0 Å². The summed E-state index contributed by atoms with van der Waals surface area (Å²) in [5.74, 6) is -0.232. The Labute approximate surface area is 229 Å². The molecule has 0 aliphatic carbocycles. The summed E-state index contributed by atoms with van der Waals surface area (Å²) in [4.78, 5) is 28.1. The molecular formula is C30H51N3O5. The first kappa shape index (κ1) is 32.1. The molecule has 1 aromatic carbocycles. The molecule has 8 heteroatoms. The third-order valence-corrected chi connectivity index (χ3v) is 7.37. The van der Waals surface area contributed by atoms with Crippen LogP contribution in [0.1, 0.15) is 86.6 Å². The number of hydrogen-bond acceptors (Lipinski definition) is 7. The van der Waals surface area contributed by atoms with E-state index in [1.54, 1.807) is 26.8 Å². The fraction of sp³-hybridized carbons (Fsp3) is 0.733. The molecule has 4 unspecified atom stereocenters. The lowest BCUT2D eigenvalue weighted by Crippen LogP contribution is -2.58. The third kappa shape index (κ3) is 9.24. The van der Waals surface area contributed by atoms with Crippen molar-refractivity contribution in [1.82, 2.24) is 15.5 Å². The molecular weight excluding hydrogens is 482 g/mol. The second kappa shape index (κ2) is 13.8. The number of carbonyl (C=O) groups excluding carboxylic acids is 2. The van der Waals surface area contributed by atoms with Crippen molar-refractivity contribution in [1.29, 1.82) is 0 Å². The summed E-state index contributed by atoms with van der Waals surface area (Å²) in [6.45, 7) is 17.2. The molecule has 1 heterocycles. The van der Waals surface area contributed by atoms with Crippen LogP contribution in [0.5, 0.6) is 5.75 Å². The zero-order valence-electron chi connectivity index (χ0n) is 25.0. The summed E-state index contributed by atoms with van der Waals surface area (Å²) < 4.78 is 11.2. The Balaban J connectivity index is 2.13. The van der Waals surface area contributed by atoms with Gasteiger partial charge in [-0.15, -0.1) is 0 Å². The average molecular weight is 534 g/mol. The average Bonchev–Trinajstić information content (AvgIpc) is 3.01. The second-order valence-corrected chi connectivity index (χ2v) is 12.5. The Kier molecular flexibility index (Phi) is 11.6. The highest BCUT2D eigenvalue weighted by Gasteiger charge is 2.35. The quantitative estimate of drug-likeness (QED) is 0.292. The fourth-order valence-corrected chi connectivity index (χ4v) is 5.21. The van der Waals surface area contributed by atoms with Crippen LogP contribution in [0, 0.1) is 11.8 Å². The maximum absolute atomic E-state index is 12.9. The largest absolute Gasteiger partial charge is 0.459 e. The highest BCUT2D eigenvalue weighted by Crippen LogP contribution is 2.37. The van der Waals surface area contributed by atoms with Crippen LogP contribution in [0.3, 0.4) is 0 Å². The highest BCUT2D eigenvalue weighted by molar-refractivity contribution is 5.76. The van der Waals surface area contributed by atoms with E-state index >= 15 is 0 Å². The Morgan fingerprint density at radius 3 is 2.39 bits per heavy atom. The Hall–Kier alpha value is -2.16. The third-order valence-electron chi connectivity index (χ3n) is 7.37. The Morgan fingerprint density at radius 1 is 1.13 bits per heavy atom. The SMILES string of the molecule is CCC1(c2cccc(OC(=O)NC(C(C)C)C(O)NC(C(=O)OC(C)(C)C)C(C)C)c2)CCCCN(C)C1. The molecule has 1 amide bonds. The molecule has 1 aliphatic rings. The number of ether oxygens (including phenoxy) is 2. The summed E-state index contributed by atoms with van der Waals surface area (Å²) in [6.07, 6.45) is 2.64. The van der Waals surface area contributed by atoms with Gasteiger partial charge in [0.25, 0.3) is 0 Å². The second-order valence-electron chi connectivity index (χ2n) is 12.5. The molecule has 4 atom stereocenters. The van der Waals surface area contributed by atoms with E-state index in [9.17, 15) is 14.7 Å². The summed E-state index contributed by atoms with van der Waals surface area (Å²) >= 11 is 0. The number of hydrogen-bond donors (Lipinski definition) is 3. The van der Waals surface area contributed by atoms with Gasteiger partial charge in [0.15, 0.2) is 0 Å². The topological polar surface area (TPSA) is 100 Å². The number of likely N-dealkylation sites (tertiary alicyclic amines) is 1. The van der Waals surface area contributed by atoms with Crippen molar-refractivity contribution in [3.63, 3.8) is 0 Å². The lowest BCUT2D eigenvalue weighted by molar-refractivity contribution is -0.160. The van der Waals surface area contributed by atoms with Gasteiger partial charge in [0.2, 0.25) is 0 Å². The van der Waals surface area contributed by atoms with Crippen molar-refractivity contribution in [2.45, 2.75) is 110 Å². The summed E-state index contributed by atoms with van der Waals surface area (Å²) in [5, 5.41) is 16.8. The van der Waals surface area contributed by atoms with Crippen molar-refractivity contribution in [2.75, 3.05) is 20.1 Å². The van der Waals surface area contributed by atoms with E-state index < -0.39 is 36.0 Å². The Morgan fingerprint density at radius 2 is 1.82 bits per heavy atom. The zero-order chi connectivity index (χ0) is 28.7. The first-order chi connectivity index (χ1) is 17.7. The fourth-order valence-electron chi connectivity index (χ4n) is 5.21. The van der Waals surface area contributed by atoms with Crippen LogP contribution in [0.2, 0.25) is 0 Å². The molecule has 0 bridgehead atoms. The van der Waals surface area contributed by atoms with Crippen LogP contribution in [0.4, 0.5) is 4.79 Å². The molecule has 8 nitrogen and oxygen atoms in total. The van der Waals surface area contributed by atoms with Crippen LogP contribution >= 0.6 is 0 Å². The molecule has 3 N–H and O–H groups in total. The van der Waals surface area contributed by atoms with Crippen molar-refractivity contribution in [3.05, 3.63) is 29.8 Å². The van der Waals surface area contributed by atoms with E-state index in [1.807, 2.05) is 39.8 Å². The molecule has 2 rings (SSSR count). The van der Waals surface area contributed by atoms with Gasteiger partial charge in [-0.3, -0.25) is 10.1 Å². The number of esters is 1. The minimum Gasteiger partial charge on any atom is -0.459 e. The van der Waals surface area contributed by atoms with E-state index in [4.69, 9.17) is 9.47 Å².